The Morgan fingerprint density at radius 2 is 1.83 bits per heavy atom. The summed E-state index contributed by atoms with van der Waals surface area (Å²) < 4.78 is 6.90. The van der Waals surface area contributed by atoms with Gasteiger partial charge < -0.3 is 14.5 Å². The number of hydrogen-bond donors (Lipinski definition) is 0. The first kappa shape index (κ1) is 18.9. The van der Waals surface area contributed by atoms with Gasteiger partial charge in [-0.3, -0.25) is 9.98 Å². The standard InChI is InChI=1S/C25H28N4O/c1-6-29(7-2)20-15-21-23(17-11-10-14-26-22(17)20)27-16-25(30-21)24(3,4)18-12-8-9-13-19(18)28(25)5/h8-16H,6-7H2,1-5H3. The Hall–Kier alpha value is -3.08. The molecule has 1 spiro atoms. The minimum Gasteiger partial charge on any atom is -0.459 e. The molecular formula is C25H28N4O. The van der Waals surface area contributed by atoms with Crippen LogP contribution < -0.4 is 14.5 Å². The molecule has 30 heavy (non-hydrogen) atoms. The van der Waals surface area contributed by atoms with E-state index in [-0.39, 0.29) is 5.41 Å². The van der Waals surface area contributed by atoms with Gasteiger partial charge in [0.1, 0.15) is 5.69 Å². The van der Waals surface area contributed by atoms with Gasteiger partial charge in [-0.25, -0.2) is 0 Å². The second kappa shape index (κ2) is 6.46. The number of rotatable bonds is 3. The van der Waals surface area contributed by atoms with Crippen LogP contribution in [0.25, 0.3) is 10.9 Å². The molecule has 1 aromatic heterocycles. The number of nitrogens with zero attached hydrogens (tertiary/aromatic N) is 4. The number of aliphatic imine (C=N–C) groups is 1. The zero-order valence-corrected chi connectivity index (χ0v) is 18.3. The number of fused-ring (bicyclic) bond motifs is 4. The molecule has 0 saturated carbocycles. The Kier molecular flexibility index (Phi) is 4.07. The van der Waals surface area contributed by atoms with Gasteiger partial charge in [-0.1, -0.05) is 18.2 Å². The lowest BCUT2D eigenvalue weighted by Gasteiger charge is -2.45. The highest BCUT2D eigenvalue weighted by atomic mass is 16.5. The summed E-state index contributed by atoms with van der Waals surface area (Å²) in [6, 6.07) is 14.7. The van der Waals surface area contributed by atoms with Gasteiger partial charge in [-0.15, -0.1) is 0 Å². The summed E-state index contributed by atoms with van der Waals surface area (Å²) in [5.41, 5.74) is 4.44. The molecule has 1 unspecified atom stereocenters. The minimum absolute atomic E-state index is 0.265. The quantitative estimate of drug-likeness (QED) is 0.598. The minimum atomic E-state index is -0.680. The van der Waals surface area contributed by atoms with Gasteiger partial charge in [0.05, 0.1) is 22.8 Å². The van der Waals surface area contributed by atoms with Crippen molar-refractivity contribution in [3.63, 3.8) is 0 Å². The van der Waals surface area contributed by atoms with Gasteiger partial charge in [0, 0.05) is 43.5 Å². The second-order valence-corrected chi connectivity index (χ2v) is 8.57. The fourth-order valence-corrected chi connectivity index (χ4v) is 5.09. The molecule has 0 aliphatic carbocycles. The van der Waals surface area contributed by atoms with Crippen LogP contribution in [0.3, 0.4) is 0 Å². The van der Waals surface area contributed by atoms with Crippen LogP contribution in [0.4, 0.5) is 17.1 Å². The molecule has 0 amide bonds. The Balaban J connectivity index is 1.73. The Bertz CT molecular complexity index is 1170. The lowest BCUT2D eigenvalue weighted by molar-refractivity contribution is 0.0827. The molecule has 1 atom stereocenters. The first-order valence-electron chi connectivity index (χ1n) is 10.7. The molecule has 5 rings (SSSR count). The molecule has 2 aliphatic heterocycles. The highest BCUT2D eigenvalue weighted by molar-refractivity contribution is 6.04. The summed E-state index contributed by atoms with van der Waals surface area (Å²) in [7, 11) is 2.10. The van der Waals surface area contributed by atoms with Crippen LogP contribution in [0.2, 0.25) is 0 Å². The summed E-state index contributed by atoms with van der Waals surface area (Å²) >= 11 is 0. The van der Waals surface area contributed by atoms with Crippen LogP contribution in [-0.2, 0) is 5.41 Å². The smallest absolute Gasteiger partial charge is 0.228 e. The molecule has 2 aromatic carbocycles. The molecule has 3 heterocycles. The van der Waals surface area contributed by atoms with Crippen LogP contribution in [0.1, 0.15) is 33.3 Å². The van der Waals surface area contributed by atoms with E-state index in [1.165, 1.54) is 11.3 Å². The van der Waals surface area contributed by atoms with Crippen molar-refractivity contribution in [2.75, 3.05) is 29.9 Å². The molecule has 0 bridgehead atoms. The van der Waals surface area contributed by atoms with E-state index in [4.69, 9.17) is 9.73 Å². The summed E-state index contributed by atoms with van der Waals surface area (Å²) in [4.78, 5) is 14.2. The Morgan fingerprint density at radius 1 is 1.07 bits per heavy atom. The van der Waals surface area contributed by atoms with Crippen molar-refractivity contribution < 1.29 is 4.74 Å². The van der Waals surface area contributed by atoms with E-state index in [0.29, 0.717) is 0 Å². The molecule has 0 saturated heterocycles. The Labute approximate surface area is 178 Å². The monoisotopic (exact) mass is 400 g/mol. The van der Waals surface area contributed by atoms with Crippen molar-refractivity contribution in [1.29, 1.82) is 0 Å². The number of ether oxygens (including phenoxy) is 1. The third-order valence-electron chi connectivity index (χ3n) is 6.88. The van der Waals surface area contributed by atoms with E-state index >= 15 is 0 Å². The molecule has 3 aromatic rings. The van der Waals surface area contributed by atoms with Gasteiger partial charge in [-0.05, 0) is 51.5 Å². The molecule has 0 radical (unpaired) electrons. The van der Waals surface area contributed by atoms with E-state index in [1.807, 2.05) is 18.5 Å². The molecule has 5 heteroatoms. The van der Waals surface area contributed by atoms with Crippen LogP contribution in [-0.4, -0.2) is 37.1 Å². The number of pyridine rings is 1. The van der Waals surface area contributed by atoms with E-state index < -0.39 is 5.72 Å². The van der Waals surface area contributed by atoms with Crippen molar-refractivity contribution in [3.8, 4) is 5.75 Å². The SMILES string of the molecule is CCN(CC)c1cc2c(c3cccnc13)N=CC1(O2)N(C)c2ccccc2C1(C)C. The number of anilines is 2. The fraction of sp³-hybridized carbons (Fsp3) is 0.360. The fourth-order valence-electron chi connectivity index (χ4n) is 5.09. The highest BCUT2D eigenvalue weighted by Crippen LogP contribution is 2.54. The van der Waals surface area contributed by atoms with Crippen molar-refractivity contribution in [1.82, 2.24) is 4.98 Å². The number of likely N-dealkylation sites (N-methyl/N-ethyl adjacent to an activating group) is 1. The van der Waals surface area contributed by atoms with Crippen LogP contribution in [0.5, 0.6) is 5.75 Å². The molecule has 5 nitrogen and oxygen atoms in total. The maximum absolute atomic E-state index is 6.90. The zero-order valence-electron chi connectivity index (χ0n) is 18.3. The first-order valence-corrected chi connectivity index (χ1v) is 10.7. The summed E-state index contributed by atoms with van der Waals surface area (Å²) in [6.07, 6.45) is 3.83. The number of para-hydroxylation sites is 1. The van der Waals surface area contributed by atoms with Crippen molar-refractivity contribution in [2.45, 2.75) is 38.8 Å². The zero-order chi connectivity index (χ0) is 21.1. The summed E-state index contributed by atoms with van der Waals surface area (Å²) in [5, 5.41) is 1.03. The number of hydrogen-bond acceptors (Lipinski definition) is 5. The van der Waals surface area contributed by atoms with Crippen LogP contribution in [0.15, 0.2) is 53.7 Å². The lowest BCUT2D eigenvalue weighted by atomic mass is 9.77. The third kappa shape index (κ3) is 2.29. The van der Waals surface area contributed by atoms with E-state index in [0.717, 1.165) is 41.1 Å². The average Bonchev–Trinajstić information content (AvgIpc) is 2.93. The molecule has 154 valence electrons. The van der Waals surface area contributed by atoms with Gasteiger partial charge in [0.15, 0.2) is 5.75 Å². The number of benzene rings is 2. The first-order chi connectivity index (χ1) is 14.4. The van der Waals surface area contributed by atoms with Crippen molar-refractivity contribution >= 4 is 34.2 Å². The lowest BCUT2D eigenvalue weighted by Crippen LogP contribution is -2.61. The second-order valence-electron chi connectivity index (χ2n) is 8.57. The Morgan fingerprint density at radius 3 is 2.57 bits per heavy atom. The topological polar surface area (TPSA) is 41.0 Å². The van der Waals surface area contributed by atoms with Gasteiger partial charge in [-0.2, -0.15) is 0 Å². The van der Waals surface area contributed by atoms with Gasteiger partial charge in [0.2, 0.25) is 5.72 Å². The predicted octanol–water partition coefficient (Wildman–Crippen LogP) is 5.30. The van der Waals surface area contributed by atoms with Crippen molar-refractivity contribution in [3.05, 3.63) is 54.2 Å². The van der Waals surface area contributed by atoms with E-state index in [9.17, 15) is 0 Å². The highest BCUT2D eigenvalue weighted by Gasteiger charge is 2.58. The van der Waals surface area contributed by atoms with Crippen molar-refractivity contribution in [2.24, 2.45) is 4.99 Å². The van der Waals surface area contributed by atoms with Gasteiger partial charge >= 0.3 is 0 Å². The van der Waals surface area contributed by atoms with E-state index in [1.54, 1.807) is 0 Å². The average molecular weight is 401 g/mol. The summed E-state index contributed by atoms with van der Waals surface area (Å²) in [6.45, 7) is 10.6. The largest absolute Gasteiger partial charge is 0.459 e. The van der Waals surface area contributed by atoms with Crippen LogP contribution in [0, 0.1) is 0 Å². The maximum atomic E-state index is 6.90. The van der Waals surface area contributed by atoms with E-state index in [2.05, 4.69) is 85.9 Å². The molecular weight excluding hydrogens is 372 g/mol. The predicted molar refractivity (Wildman–Crippen MR) is 125 cm³/mol. The normalized spacial score (nSPS) is 20.9. The number of aromatic nitrogens is 1. The molecule has 0 fully saturated rings. The summed E-state index contributed by atoms with van der Waals surface area (Å²) in [5.74, 6) is 0.813. The molecule has 2 aliphatic rings. The third-order valence-corrected chi connectivity index (χ3v) is 6.88. The molecule has 0 N–H and O–H groups in total. The van der Waals surface area contributed by atoms with Gasteiger partial charge in [0.25, 0.3) is 0 Å². The van der Waals surface area contributed by atoms with Crippen LogP contribution >= 0.6 is 0 Å². The maximum Gasteiger partial charge on any atom is 0.228 e.